The van der Waals surface area contributed by atoms with Crippen LogP contribution in [0.15, 0.2) is 59.5 Å². The van der Waals surface area contributed by atoms with E-state index < -0.39 is 28.3 Å². The maximum absolute atomic E-state index is 13.8. The number of Topliss-reactive ketones (excluding diaryl/α,β-unsaturated/α-hetero) is 1. The first-order chi connectivity index (χ1) is 18.0. The molecule has 0 radical (unpaired) electrons. The van der Waals surface area contributed by atoms with Gasteiger partial charge in [-0.1, -0.05) is 70.0 Å². The van der Waals surface area contributed by atoms with Crippen molar-refractivity contribution < 1.29 is 27.5 Å². The number of benzene rings is 2. The van der Waals surface area contributed by atoms with Crippen molar-refractivity contribution in [1.29, 1.82) is 0 Å². The van der Waals surface area contributed by atoms with Crippen LogP contribution in [-0.2, 0) is 26.0 Å². The lowest BCUT2D eigenvalue weighted by Gasteiger charge is -2.32. The first kappa shape index (κ1) is 31.3. The third-order valence-corrected chi connectivity index (χ3v) is 8.76. The van der Waals surface area contributed by atoms with Crippen LogP contribution in [0.1, 0.15) is 53.0 Å². The molecule has 0 aliphatic heterocycles. The van der Waals surface area contributed by atoms with Gasteiger partial charge in [0.15, 0.2) is 11.9 Å². The number of ketones is 1. The fourth-order valence-electron chi connectivity index (χ4n) is 4.16. The Morgan fingerprint density at radius 1 is 0.974 bits per heavy atom. The highest BCUT2D eigenvalue weighted by Gasteiger charge is 2.31. The molecule has 8 nitrogen and oxygen atoms in total. The number of nitrogens with zero attached hydrogens (tertiary/aromatic N) is 1. The van der Waals surface area contributed by atoms with Crippen LogP contribution in [0.25, 0.3) is 0 Å². The van der Waals surface area contributed by atoms with E-state index in [2.05, 4.69) is 19.2 Å². The highest BCUT2D eigenvalue weighted by Crippen LogP contribution is 2.25. The molecule has 2 rings (SSSR count). The molecule has 1 amide bonds. The largest absolute Gasteiger partial charge is 0.497 e. The number of amides is 1. The van der Waals surface area contributed by atoms with Crippen LogP contribution in [-0.4, -0.2) is 56.9 Å². The van der Waals surface area contributed by atoms with Crippen LogP contribution in [0, 0.1) is 11.8 Å². The van der Waals surface area contributed by atoms with Gasteiger partial charge in [-0.15, -0.1) is 0 Å². The van der Waals surface area contributed by atoms with E-state index in [9.17, 15) is 18.0 Å². The number of hydrogen-bond donors (Lipinski definition) is 1. The molecule has 0 bridgehead atoms. The molecular weight excluding hydrogens is 504 g/mol. The highest BCUT2D eigenvalue weighted by atomic mass is 32.2. The Hall–Kier alpha value is -2.91. The summed E-state index contributed by atoms with van der Waals surface area (Å²) in [6, 6.07) is 15.7. The molecule has 0 heterocycles. The number of sulfonamides is 1. The Morgan fingerprint density at radius 3 is 2.21 bits per heavy atom. The van der Waals surface area contributed by atoms with Crippen molar-refractivity contribution in [1.82, 2.24) is 9.62 Å². The second-order valence-electron chi connectivity index (χ2n) is 9.76. The second kappa shape index (κ2) is 14.9. The first-order valence-electron chi connectivity index (χ1n) is 13.2. The summed E-state index contributed by atoms with van der Waals surface area (Å²) in [6.45, 7) is 9.47. The average Bonchev–Trinajstić information content (AvgIpc) is 2.90. The van der Waals surface area contributed by atoms with E-state index in [0.717, 1.165) is 18.4 Å². The van der Waals surface area contributed by atoms with Gasteiger partial charge in [0, 0.05) is 25.2 Å². The van der Waals surface area contributed by atoms with Crippen LogP contribution in [0.2, 0.25) is 0 Å². The van der Waals surface area contributed by atoms with Crippen molar-refractivity contribution in [3.05, 3.63) is 60.2 Å². The topological polar surface area (TPSA) is 102 Å². The smallest absolute Gasteiger partial charge is 0.408 e. The second-order valence-corrected chi connectivity index (χ2v) is 11.7. The average molecular weight is 547 g/mol. The fourth-order valence-corrected chi connectivity index (χ4v) is 5.81. The number of ether oxygens (including phenoxy) is 2. The van der Waals surface area contributed by atoms with Crippen LogP contribution in [0.4, 0.5) is 4.79 Å². The number of nitrogens with one attached hydrogen (secondary N) is 1. The van der Waals surface area contributed by atoms with Crippen molar-refractivity contribution >= 4 is 21.9 Å². The molecule has 38 heavy (non-hydrogen) atoms. The molecule has 0 saturated carbocycles. The predicted octanol–water partition coefficient (Wildman–Crippen LogP) is 5.07. The quantitative estimate of drug-likeness (QED) is 0.335. The van der Waals surface area contributed by atoms with Gasteiger partial charge in [0.25, 0.3) is 0 Å². The van der Waals surface area contributed by atoms with E-state index in [4.69, 9.17) is 9.47 Å². The number of carbonyl (C=O) groups excluding carboxylic acids is 2. The minimum atomic E-state index is -3.84. The molecule has 0 fully saturated rings. The standard InChI is InChI=1S/C29H42N2O6S/c1-7-24(8-2)20-31(38(34,35)27-16-12-15-26(18-27)36-6)19-21(3)28(17-25-13-10-9-11-14-25)30-29(33)37-23(5)22(4)32/h9-16,18,21,23-24,28H,7-8,17,19-20H2,1-6H3,(H,30,33). The Bertz CT molecular complexity index is 1130. The third-order valence-electron chi connectivity index (χ3n) is 6.93. The lowest BCUT2D eigenvalue weighted by atomic mass is 9.94. The van der Waals surface area contributed by atoms with Crippen molar-refractivity contribution in [3.8, 4) is 5.75 Å². The summed E-state index contributed by atoms with van der Waals surface area (Å²) in [4.78, 5) is 24.4. The van der Waals surface area contributed by atoms with E-state index in [1.807, 2.05) is 37.3 Å². The van der Waals surface area contributed by atoms with Crippen molar-refractivity contribution in [2.24, 2.45) is 11.8 Å². The Morgan fingerprint density at radius 2 is 1.63 bits per heavy atom. The van der Waals surface area contributed by atoms with E-state index in [-0.39, 0.29) is 29.1 Å². The van der Waals surface area contributed by atoms with Crippen molar-refractivity contribution in [2.75, 3.05) is 20.2 Å². The molecule has 0 saturated heterocycles. The lowest BCUT2D eigenvalue weighted by Crippen LogP contribution is -2.48. The lowest BCUT2D eigenvalue weighted by molar-refractivity contribution is -0.124. The van der Waals surface area contributed by atoms with E-state index in [1.54, 1.807) is 18.2 Å². The minimum Gasteiger partial charge on any atom is -0.497 e. The molecule has 3 unspecified atom stereocenters. The fraction of sp³-hybridized carbons (Fsp3) is 0.517. The molecule has 210 valence electrons. The van der Waals surface area contributed by atoms with Gasteiger partial charge in [0.2, 0.25) is 10.0 Å². The van der Waals surface area contributed by atoms with Gasteiger partial charge in [-0.25, -0.2) is 13.2 Å². The summed E-state index contributed by atoms with van der Waals surface area (Å²) in [5.74, 6) is 0.121. The summed E-state index contributed by atoms with van der Waals surface area (Å²) in [6.07, 6.45) is 0.584. The van der Waals surface area contributed by atoms with Crippen LogP contribution in [0.5, 0.6) is 5.75 Å². The van der Waals surface area contributed by atoms with Gasteiger partial charge in [0.05, 0.1) is 12.0 Å². The Kier molecular flexibility index (Phi) is 12.3. The summed E-state index contributed by atoms with van der Waals surface area (Å²) in [5, 5.41) is 2.89. The van der Waals surface area contributed by atoms with E-state index in [1.165, 1.54) is 31.3 Å². The summed E-state index contributed by atoms with van der Waals surface area (Å²) < 4.78 is 39.7. The van der Waals surface area contributed by atoms with Crippen LogP contribution >= 0.6 is 0 Å². The van der Waals surface area contributed by atoms with E-state index in [0.29, 0.717) is 18.7 Å². The molecule has 0 aromatic heterocycles. The zero-order chi connectivity index (χ0) is 28.3. The zero-order valence-electron chi connectivity index (χ0n) is 23.3. The normalized spacial score (nSPS) is 14.1. The Balaban J connectivity index is 2.38. The van der Waals surface area contributed by atoms with Crippen molar-refractivity contribution in [3.63, 3.8) is 0 Å². The maximum atomic E-state index is 13.8. The van der Waals surface area contributed by atoms with Crippen LogP contribution in [0.3, 0.4) is 0 Å². The molecular formula is C29H42N2O6S. The van der Waals surface area contributed by atoms with Gasteiger partial charge in [0.1, 0.15) is 5.75 Å². The number of hydrogen-bond acceptors (Lipinski definition) is 6. The van der Waals surface area contributed by atoms with Crippen molar-refractivity contribution in [2.45, 2.75) is 70.9 Å². The summed E-state index contributed by atoms with van der Waals surface area (Å²) in [7, 11) is -2.34. The summed E-state index contributed by atoms with van der Waals surface area (Å²) in [5.41, 5.74) is 0.992. The third kappa shape index (κ3) is 9.13. The molecule has 3 atom stereocenters. The maximum Gasteiger partial charge on any atom is 0.408 e. The minimum absolute atomic E-state index is 0.164. The number of alkyl carbamates (subject to hydrolysis) is 1. The van der Waals surface area contributed by atoms with Gasteiger partial charge in [-0.2, -0.15) is 4.31 Å². The summed E-state index contributed by atoms with van der Waals surface area (Å²) >= 11 is 0. The number of rotatable bonds is 15. The first-order valence-corrected chi connectivity index (χ1v) is 14.6. The van der Waals surface area contributed by atoms with Gasteiger partial charge in [-0.3, -0.25) is 4.79 Å². The molecule has 2 aromatic rings. The molecule has 1 N–H and O–H groups in total. The number of methoxy groups -OCH3 is 1. The van der Waals surface area contributed by atoms with Crippen LogP contribution < -0.4 is 10.1 Å². The SMILES string of the molecule is CCC(CC)CN(CC(C)C(Cc1ccccc1)NC(=O)OC(C)C(C)=O)S(=O)(=O)c1cccc(OC)c1. The molecule has 0 aliphatic carbocycles. The van der Waals surface area contributed by atoms with Gasteiger partial charge in [-0.05, 0) is 49.8 Å². The highest BCUT2D eigenvalue weighted by molar-refractivity contribution is 7.89. The number of carbonyl (C=O) groups is 2. The zero-order valence-corrected chi connectivity index (χ0v) is 24.2. The molecule has 0 spiro atoms. The van der Waals surface area contributed by atoms with Gasteiger partial charge >= 0.3 is 6.09 Å². The molecule has 0 aliphatic rings. The van der Waals surface area contributed by atoms with Gasteiger partial charge < -0.3 is 14.8 Å². The Labute approximate surface area is 227 Å². The monoisotopic (exact) mass is 546 g/mol. The molecule has 2 aromatic carbocycles. The van der Waals surface area contributed by atoms with E-state index >= 15 is 0 Å². The predicted molar refractivity (Wildman–Crippen MR) is 149 cm³/mol. The molecule has 9 heteroatoms.